The number of halogens is 1. The van der Waals surface area contributed by atoms with E-state index < -0.39 is 0 Å². The number of thiophene rings is 1. The SMILES string of the molecule is CN(CC(C)(C)CO)c1cc(Br)cs1. The van der Waals surface area contributed by atoms with Crippen LogP contribution in [-0.4, -0.2) is 25.3 Å². The molecule has 0 unspecified atom stereocenters. The van der Waals surface area contributed by atoms with Crippen molar-refractivity contribution < 1.29 is 5.11 Å². The molecule has 0 radical (unpaired) electrons. The lowest BCUT2D eigenvalue weighted by Gasteiger charge is -2.28. The van der Waals surface area contributed by atoms with Crippen molar-refractivity contribution in [2.45, 2.75) is 13.8 Å². The van der Waals surface area contributed by atoms with E-state index in [0.717, 1.165) is 11.0 Å². The van der Waals surface area contributed by atoms with Gasteiger partial charge in [0.25, 0.3) is 0 Å². The van der Waals surface area contributed by atoms with Gasteiger partial charge >= 0.3 is 0 Å². The minimum absolute atomic E-state index is 0.0504. The van der Waals surface area contributed by atoms with Crippen LogP contribution in [0.2, 0.25) is 0 Å². The topological polar surface area (TPSA) is 23.5 Å². The van der Waals surface area contributed by atoms with Crippen molar-refractivity contribution in [3.05, 3.63) is 15.9 Å². The summed E-state index contributed by atoms with van der Waals surface area (Å²) in [7, 11) is 2.05. The molecule has 0 bridgehead atoms. The Balaban J connectivity index is 2.63. The zero-order valence-corrected chi connectivity index (χ0v) is 11.2. The third-order valence-electron chi connectivity index (χ3n) is 2.02. The third kappa shape index (κ3) is 3.26. The average Bonchev–Trinajstić information content (AvgIpc) is 2.51. The highest BCUT2D eigenvalue weighted by atomic mass is 79.9. The van der Waals surface area contributed by atoms with Gasteiger partial charge in [-0.2, -0.15) is 0 Å². The molecule has 2 nitrogen and oxygen atoms in total. The van der Waals surface area contributed by atoms with Gasteiger partial charge in [-0.3, -0.25) is 0 Å². The van der Waals surface area contributed by atoms with Gasteiger partial charge in [0.1, 0.15) is 0 Å². The molecule has 0 aromatic carbocycles. The van der Waals surface area contributed by atoms with Gasteiger partial charge in [-0.05, 0) is 22.0 Å². The Labute approximate surface area is 97.7 Å². The molecule has 0 spiro atoms. The van der Waals surface area contributed by atoms with Crippen LogP contribution in [0.4, 0.5) is 5.00 Å². The van der Waals surface area contributed by atoms with Crippen LogP contribution in [0.15, 0.2) is 15.9 Å². The van der Waals surface area contributed by atoms with Crippen molar-refractivity contribution >= 4 is 32.3 Å². The molecular weight excluding hydrogens is 262 g/mol. The Kier molecular flexibility index (Phi) is 3.98. The van der Waals surface area contributed by atoms with Crippen LogP contribution >= 0.6 is 27.3 Å². The number of rotatable bonds is 4. The van der Waals surface area contributed by atoms with E-state index in [1.807, 2.05) is 0 Å². The maximum absolute atomic E-state index is 9.16. The normalized spacial score (nSPS) is 11.8. The van der Waals surface area contributed by atoms with Crippen molar-refractivity contribution in [3.63, 3.8) is 0 Å². The van der Waals surface area contributed by atoms with E-state index in [1.54, 1.807) is 11.3 Å². The lowest BCUT2D eigenvalue weighted by atomic mass is 9.94. The minimum Gasteiger partial charge on any atom is -0.396 e. The highest BCUT2D eigenvalue weighted by Crippen LogP contribution is 2.29. The number of anilines is 1. The molecule has 0 aliphatic heterocycles. The Hall–Kier alpha value is -0.0600. The van der Waals surface area contributed by atoms with Crippen LogP contribution in [0.25, 0.3) is 0 Å². The molecule has 0 saturated carbocycles. The molecule has 0 amide bonds. The van der Waals surface area contributed by atoms with E-state index in [-0.39, 0.29) is 12.0 Å². The standard InChI is InChI=1S/C10H16BrNOS/c1-10(2,7-13)6-12(3)9-4-8(11)5-14-9/h4-5,13H,6-7H2,1-3H3. The molecule has 14 heavy (non-hydrogen) atoms. The summed E-state index contributed by atoms with van der Waals surface area (Å²) in [4.78, 5) is 2.17. The lowest BCUT2D eigenvalue weighted by Crippen LogP contribution is -2.33. The van der Waals surface area contributed by atoms with E-state index in [9.17, 15) is 0 Å². The van der Waals surface area contributed by atoms with E-state index in [0.29, 0.717) is 0 Å². The van der Waals surface area contributed by atoms with Crippen molar-refractivity contribution in [1.29, 1.82) is 0 Å². The molecular formula is C10H16BrNOS. The van der Waals surface area contributed by atoms with Gasteiger partial charge in [0, 0.05) is 35.5 Å². The second-order valence-electron chi connectivity index (χ2n) is 4.28. The maximum Gasteiger partial charge on any atom is 0.0917 e. The summed E-state index contributed by atoms with van der Waals surface area (Å²) in [5.41, 5.74) is -0.0504. The van der Waals surface area contributed by atoms with Crippen LogP contribution in [0, 0.1) is 5.41 Å². The van der Waals surface area contributed by atoms with Crippen molar-refractivity contribution in [2.75, 3.05) is 25.1 Å². The quantitative estimate of drug-likeness (QED) is 0.915. The number of nitrogens with zero attached hydrogens (tertiary/aromatic N) is 1. The lowest BCUT2D eigenvalue weighted by molar-refractivity contribution is 0.165. The summed E-state index contributed by atoms with van der Waals surface area (Å²) in [5.74, 6) is 0. The molecule has 1 aromatic heterocycles. The molecule has 0 atom stereocenters. The van der Waals surface area contributed by atoms with Gasteiger partial charge in [0.15, 0.2) is 0 Å². The molecule has 1 aromatic rings. The minimum atomic E-state index is -0.0504. The van der Waals surface area contributed by atoms with Gasteiger partial charge in [-0.1, -0.05) is 13.8 Å². The monoisotopic (exact) mass is 277 g/mol. The summed E-state index contributed by atoms with van der Waals surface area (Å²) < 4.78 is 1.12. The number of aliphatic hydroxyl groups excluding tert-OH is 1. The predicted octanol–water partition coefficient (Wildman–Crippen LogP) is 2.97. The van der Waals surface area contributed by atoms with Crippen LogP contribution in [0.5, 0.6) is 0 Å². The second kappa shape index (κ2) is 4.64. The molecule has 1 N–H and O–H groups in total. The molecule has 0 saturated heterocycles. The maximum atomic E-state index is 9.16. The molecule has 80 valence electrons. The van der Waals surface area contributed by atoms with Crippen LogP contribution in [0.1, 0.15) is 13.8 Å². The van der Waals surface area contributed by atoms with Gasteiger partial charge in [-0.15, -0.1) is 11.3 Å². The first-order chi connectivity index (χ1) is 6.44. The first-order valence-corrected chi connectivity index (χ1v) is 6.18. The predicted molar refractivity (Wildman–Crippen MR) is 66.2 cm³/mol. The number of aliphatic hydroxyl groups is 1. The zero-order chi connectivity index (χ0) is 10.8. The fourth-order valence-electron chi connectivity index (χ4n) is 1.27. The van der Waals surface area contributed by atoms with Gasteiger partial charge in [-0.25, -0.2) is 0 Å². The van der Waals surface area contributed by atoms with Crippen LogP contribution in [0.3, 0.4) is 0 Å². The smallest absolute Gasteiger partial charge is 0.0917 e. The molecule has 0 fully saturated rings. The van der Waals surface area contributed by atoms with E-state index in [2.05, 4.69) is 53.2 Å². The van der Waals surface area contributed by atoms with Gasteiger partial charge in [0.05, 0.1) is 5.00 Å². The van der Waals surface area contributed by atoms with E-state index in [1.165, 1.54) is 5.00 Å². The Morgan fingerprint density at radius 3 is 2.64 bits per heavy atom. The number of hydrogen-bond acceptors (Lipinski definition) is 3. The van der Waals surface area contributed by atoms with E-state index in [4.69, 9.17) is 5.11 Å². The third-order valence-corrected chi connectivity index (χ3v) is 3.83. The summed E-state index contributed by atoms with van der Waals surface area (Å²) in [6, 6.07) is 2.10. The highest BCUT2D eigenvalue weighted by molar-refractivity contribution is 9.10. The first kappa shape index (κ1) is 12.0. The van der Waals surface area contributed by atoms with Crippen LogP contribution in [-0.2, 0) is 0 Å². The molecule has 1 rings (SSSR count). The van der Waals surface area contributed by atoms with Crippen molar-refractivity contribution in [1.82, 2.24) is 0 Å². The molecule has 0 aliphatic rings. The summed E-state index contributed by atoms with van der Waals surface area (Å²) in [5, 5.41) is 12.5. The molecule has 0 aliphatic carbocycles. The number of hydrogen-bond donors (Lipinski definition) is 1. The Morgan fingerprint density at radius 1 is 1.57 bits per heavy atom. The average molecular weight is 278 g/mol. The van der Waals surface area contributed by atoms with Gasteiger partial charge < -0.3 is 10.0 Å². The molecule has 1 heterocycles. The summed E-state index contributed by atoms with van der Waals surface area (Å²) >= 11 is 5.14. The fourth-order valence-corrected chi connectivity index (χ4v) is 2.66. The fraction of sp³-hybridized carbons (Fsp3) is 0.600. The summed E-state index contributed by atoms with van der Waals surface area (Å²) in [6.07, 6.45) is 0. The Morgan fingerprint density at radius 2 is 2.21 bits per heavy atom. The molecule has 4 heteroatoms. The second-order valence-corrected chi connectivity index (χ2v) is 6.09. The van der Waals surface area contributed by atoms with E-state index >= 15 is 0 Å². The zero-order valence-electron chi connectivity index (χ0n) is 8.75. The van der Waals surface area contributed by atoms with Crippen molar-refractivity contribution in [2.24, 2.45) is 5.41 Å². The van der Waals surface area contributed by atoms with Gasteiger partial charge in [0.2, 0.25) is 0 Å². The highest BCUT2D eigenvalue weighted by Gasteiger charge is 2.19. The largest absolute Gasteiger partial charge is 0.396 e. The van der Waals surface area contributed by atoms with Crippen molar-refractivity contribution in [3.8, 4) is 0 Å². The summed E-state index contributed by atoms with van der Waals surface area (Å²) in [6.45, 7) is 5.19. The first-order valence-electron chi connectivity index (χ1n) is 4.51. The van der Waals surface area contributed by atoms with Crippen LogP contribution < -0.4 is 4.90 Å². The Bertz CT molecular complexity index is 298.